The van der Waals surface area contributed by atoms with Crippen LogP contribution in [0.25, 0.3) is 11.4 Å². The Morgan fingerprint density at radius 1 is 0.455 bits per heavy atom. The summed E-state index contributed by atoms with van der Waals surface area (Å²) in [6, 6.07) is 43.0. The highest BCUT2D eigenvalue weighted by molar-refractivity contribution is 7.80. The van der Waals surface area contributed by atoms with E-state index in [0.717, 1.165) is 35.3 Å². The largest absolute Gasteiger partial charge is 0.242 e. The van der Waals surface area contributed by atoms with Crippen molar-refractivity contribution in [3.63, 3.8) is 0 Å². The number of hydrogen-bond acceptors (Lipinski definition) is 4. The first-order valence-electron chi connectivity index (χ1n) is 15.2. The van der Waals surface area contributed by atoms with E-state index in [1.807, 2.05) is 0 Å². The minimum atomic E-state index is -1.00. The third kappa shape index (κ3) is 6.43. The minimum absolute atomic E-state index is 0.380. The minimum Gasteiger partial charge on any atom is -0.242 e. The Morgan fingerprint density at radius 2 is 0.727 bits per heavy atom. The molecule has 0 aliphatic heterocycles. The van der Waals surface area contributed by atoms with E-state index in [9.17, 15) is 0 Å². The van der Waals surface area contributed by atoms with Gasteiger partial charge in [0, 0.05) is 28.9 Å². The van der Waals surface area contributed by atoms with Crippen LogP contribution in [0, 0.1) is 11.8 Å². The van der Waals surface area contributed by atoms with Crippen LogP contribution < -0.4 is 32.1 Å². The predicted octanol–water partition coefficient (Wildman–Crippen LogP) is 5.37. The summed E-state index contributed by atoms with van der Waals surface area (Å²) in [6.45, 7) is 10.4. The van der Waals surface area contributed by atoms with Crippen LogP contribution in [0.4, 0.5) is 0 Å². The number of benzene rings is 4. The van der Waals surface area contributed by atoms with Gasteiger partial charge in [-0.15, -0.1) is 10.2 Å². The summed E-state index contributed by atoms with van der Waals surface area (Å²) in [7, 11) is -2.01. The van der Waals surface area contributed by atoms with Crippen LogP contribution in [0.15, 0.2) is 121 Å². The molecule has 6 nitrogen and oxygen atoms in total. The van der Waals surface area contributed by atoms with Crippen LogP contribution in [0.3, 0.4) is 0 Å². The summed E-state index contributed by atoms with van der Waals surface area (Å²) in [4.78, 5) is 0. The molecular formula is C36H38N6P2. The summed E-state index contributed by atoms with van der Waals surface area (Å²) in [5, 5.41) is 24.8. The van der Waals surface area contributed by atoms with Gasteiger partial charge in [0.2, 0.25) is 0 Å². The fourth-order valence-corrected chi connectivity index (χ4v) is 9.99. The van der Waals surface area contributed by atoms with Crippen molar-refractivity contribution in [1.82, 2.24) is 30.0 Å². The van der Waals surface area contributed by atoms with E-state index in [0.29, 0.717) is 11.8 Å². The molecule has 0 aliphatic carbocycles. The fraction of sp³-hybridized carbons (Fsp3) is 0.222. The van der Waals surface area contributed by atoms with E-state index < -0.39 is 15.8 Å². The van der Waals surface area contributed by atoms with E-state index in [1.165, 1.54) is 21.2 Å². The zero-order chi connectivity index (χ0) is 30.5. The molecule has 0 unspecified atom stereocenters. The van der Waals surface area contributed by atoms with Gasteiger partial charge in [-0.05, 0) is 33.1 Å². The average Bonchev–Trinajstić information content (AvgIpc) is 3.62. The SMILES string of the molecule is CC(C)Cn1nnc(P(c2ccccc2)c2ccccc2)c1-c1c(P(c2ccccc2)c2ccccc2)nnn1CC(C)C. The van der Waals surface area contributed by atoms with Gasteiger partial charge in [-0.2, -0.15) is 0 Å². The molecule has 2 aromatic heterocycles. The molecule has 0 amide bonds. The van der Waals surface area contributed by atoms with Crippen molar-refractivity contribution < 1.29 is 0 Å². The Balaban J connectivity index is 1.66. The Kier molecular flexibility index (Phi) is 9.40. The van der Waals surface area contributed by atoms with Crippen LogP contribution in [-0.2, 0) is 13.1 Å². The molecule has 2 heterocycles. The fourth-order valence-electron chi connectivity index (χ4n) is 5.41. The first-order chi connectivity index (χ1) is 21.5. The molecule has 222 valence electrons. The molecular weight excluding hydrogens is 578 g/mol. The van der Waals surface area contributed by atoms with Gasteiger partial charge in [-0.1, -0.05) is 159 Å². The van der Waals surface area contributed by atoms with Gasteiger partial charge in [0.1, 0.15) is 22.3 Å². The number of hydrogen-bond donors (Lipinski definition) is 0. The van der Waals surface area contributed by atoms with Crippen molar-refractivity contribution in [3.8, 4) is 11.4 Å². The lowest BCUT2D eigenvalue weighted by Gasteiger charge is -2.22. The van der Waals surface area contributed by atoms with E-state index in [1.54, 1.807) is 0 Å². The number of aromatic nitrogens is 6. The van der Waals surface area contributed by atoms with E-state index >= 15 is 0 Å². The summed E-state index contributed by atoms with van der Waals surface area (Å²) in [5.74, 6) is 0.760. The van der Waals surface area contributed by atoms with Crippen molar-refractivity contribution >= 4 is 47.9 Å². The van der Waals surface area contributed by atoms with Crippen molar-refractivity contribution in [1.29, 1.82) is 0 Å². The summed E-state index contributed by atoms with van der Waals surface area (Å²) < 4.78 is 4.23. The quantitative estimate of drug-likeness (QED) is 0.184. The highest BCUT2D eigenvalue weighted by Crippen LogP contribution is 2.40. The maximum atomic E-state index is 5.02. The van der Waals surface area contributed by atoms with Crippen molar-refractivity contribution in [3.05, 3.63) is 121 Å². The first-order valence-corrected chi connectivity index (χ1v) is 17.9. The van der Waals surface area contributed by atoms with Gasteiger partial charge in [0.15, 0.2) is 0 Å². The highest BCUT2D eigenvalue weighted by Gasteiger charge is 2.34. The third-order valence-electron chi connectivity index (χ3n) is 7.22. The van der Waals surface area contributed by atoms with Crippen LogP contribution in [0.1, 0.15) is 27.7 Å². The van der Waals surface area contributed by atoms with Gasteiger partial charge < -0.3 is 0 Å². The predicted molar refractivity (Wildman–Crippen MR) is 186 cm³/mol. The zero-order valence-corrected chi connectivity index (χ0v) is 27.5. The van der Waals surface area contributed by atoms with E-state index in [-0.39, 0.29) is 0 Å². The normalized spacial score (nSPS) is 11.7. The molecule has 8 heteroatoms. The number of nitrogens with zero attached hydrogens (tertiary/aromatic N) is 6. The zero-order valence-electron chi connectivity index (χ0n) is 25.7. The summed E-state index contributed by atoms with van der Waals surface area (Å²) >= 11 is 0. The van der Waals surface area contributed by atoms with Gasteiger partial charge in [0.25, 0.3) is 0 Å². The monoisotopic (exact) mass is 616 g/mol. The Hall–Kier alpha value is -3.98. The molecule has 0 bridgehead atoms. The molecule has 0 spiro atoms. The molecule has 0 N–H and O–H groups in total. The molecule has 0 radical (unpaired) electrons. The molecule has 6 rings (SSSR count). The Morgan fingerprint density at radius 3 is 0.977 bits per heavy atom. The maximum Gasteiger partial charge on any atom is 0.124 e. The van der Waals surface area contributed by atoms with E-state index in [4.69, 9.17) is 20.6 Å². The van der Waals surface area contributed by atoms with Crippen LogP contribution in [0.2, 0.25) is 0 Å². The van der Waals surface area contributed by atoms with Gasteiger partial charge in [-0.25, -0.2) is 9.36 Å². The second kappa shape index (κ2) is 13.8. The molecule has 0 fully saturated rings. The second-order valence-electron chi connectivity index (χ2n) is 11.7. The first kappa shape index (κ1) is 30.1. The summed E-state index contributed by atoms with van der Waals surface area (Å²) in [5.41, 5.74) is 4.03. The average molecular weight is 617 g/mol. The molecule has 0 saturated heterocycles. The van der Waals surface area contributed by atoms with Crippen molar-refractivity contribution in [2.75, 3.05) is 0 Å². The second-order valence-corrected chi connectivity index (χ2v) is 15.9. The van der Waals surface area contributed by atoms with Crippen molar-refractivity contribution in [2.45, 2.75) is 40.8 Å². The third-order valence-corrected chi connectivity index (χ3v) is 11.9. The van der Waals surface area contributed by atoms with Crippen LogP contribution >= 0.6 is 15.8 Å². The van der Waals surface area contributed by atoms with Crippen LogP contribution in [-0.4, -0.2) is 30.0 Å². The Labute approximate surface area is 262 Å². The Bertz CT molecular complexity index is 1560. The molecule has 6 aromatic rings. The smallest absolute Gasteiger partial charge is 0.124 e. The summed E-state index contributed by atoms with van der Waals surface area (Å²) in [6.07, 6.45) is 0. The lowest BCUT2D eigenvalue weighted by Crippen LogP contribution is -2.28. The lowest BCUT2D eigenvalue weighted by atomic mass is 10.2. The van der Waals surface area contributed by atoms with Crippen LogP contribution in [0.5, 0.6) is 0 Å². The molecule has 0 atom stereocenters. The molecule has 4 aromatic carbocycles. The van der Waals surface area contributed by atoms with E-state index in [2.05, 4.69) is 158 Å². The topological polar surface area (TPSA) is 61.4 Å². The number of rotatable bonds is 11. The molecule has 0 saturated carbocycles. The van der Waals surface area contributed by atoms with Gasteiger partial charge in [0.05, 0.1) is 0 Å². The highest BCUT2D eigenvalue weighted by atomic mass is 31.1. The standard InChI is InChI=1S/C36H38N6P2/c1-27(2)25-41-33(35(37-39-41)43(29-17-9-5-10-18-29)30-19-11-6-12-20-30)34-36(38-40-42(34)26-28(3)4)44(31-21-13-7-14-22-31)32-23-15-8-16-24-32/h5-24,27-28H,25-26H2,1-4H3. The lowest BCUT2D eigenvalue weighted by molar-refractivity contribution is 0.461. The molecule has 44 heavy (non-hydrogen) atoms. The van der Waals surface area contributed by atoms with Gasteiger partial charge in [-0.3, -0.25) is 0 Å². The maximum absolute atomic E-state index is 5.02. The van der Waals surface area contributed by atoms with Crippen molar-refractivity contribution in [2.24, 2.45) is 11.8 Å². The molecule has 0 aliphatic rings. The van der Waals surface area contributed by atoms with Gasteiger partial charge >= 0.3 is 0 Å².